The summed E-state index contributed by atoms with van der Waals surface area (Å²) in [5.74, 6) is 0. The predicted molar refractivity (Wildman–Crippen MR) is 79.6 cm³/mol. The van der Waals surface area contributed by atoms with Gasteiger partial charge in [0.05, 0.1) is 4.90 Å². The highest BCUT2D eigenvalue weighted by molar-refractivity contribution is 7.89. The zero-order chi connectivity index (χ0) is 20.0. The molecule has 0 atom stereocenters. The molecule has 0 spiro atoms. The number of halogens is 6. The van der Waals surface area contributed by atoms with Crippen LogP contribution in [0.4, 0.5) is 26.3 Å². The van der Waals surface area contributed by atoms with Gasteiger partial charge in [0.1, 0.15) is 0 Å². The van der Waals surface area contributed by atoms with E-state index in [-0.39, 0.29) is 12.8 Å². The average Bonchev–Trinajstić information content (AvgIpc) is 2.52. The molecule has 0 heterocycles. The molecule has 0 aromatic heterocycles. The van der Waals surface area contributed by atoms with E-state index in [4.69, 9.17) is 5.14 Å². The van der Waals surface area contributed by atoms with Gasteiger partial charge < -0.3 is 5.11 Å². The lowest BCUT2D eigenvalue weighted by atomic mass is 9.59. The maximum atomic E-state index is 13.5. The Labute approximate surface area is 146 Å². The number of aliphatic hydroxyl groups is 1. The molecule has 26 heavy (non-hydrogen) atoms. The van der Waals surface area contributed by atoms with E-state index in [0.717, 1.165) is 24.3 Å². The van der Waals surface area contributed by atoms with Gasteiger partial charge in [0.25, 0.3) is 5.60 Å². The van der Waals surface area contributed by atoms with Gasteiger partial charge in [-0.1, -0.05) is 31.4 Å². The van der Waals surface area contributed by atoms with Gasteiger partial charge in [-0.05, 0) is 30.5 Å². The van der Waals surface area contributed by atoms with Crippen molar-refractivity contribution >= 4 is 10.0 Å². The van der Waals surface area contributed by atoms with Crippen molar-refractivity contribution in [2.45, 2.75) is 60.4 Å². The number of rotatable bonds is 3. The minimum Gasteiger partial charge on any atom is -0.373 e. The Hall–Kier alpha value is -1.33. The molecule has 0 amide bonds. The molecule has 1 aromatic carbocycles. The number of hydrogen-bond acceptors (Lipinski definition) is 3. The fourth-order valence-corrected chi connectivity index (χ4v) is 4.20. The lowest BCUT2D eigenvalue weighted by Gasteiger charge is -2.50. The van der Waals surface area contributed by atoms with Crippen molar-refractivity contribution in [3.8, 4) is 0 Å². The summed E-state index contributed by atoms with van der Waals surface area (Å²) in [5.41, 5.74) is -8.06. The Morgan fingerprint density at radius 3 is 1.65 bits per heavy atom. The standard InChI is InChI=1S/C15H17F6NO3S/c16-14(17,18)13(23,15(19,20)21)12(8-2-1-3-9-12)10-4-6-11(7-5-10)26(22,24)25/h4-7,23H,1-3,8-9H2,(H2,22,24,25). The normalized spacial score (nSPS) is 19.4. The minimum atomic E-state index is -5.97. The summed E-state index contributed by atoms with van der Waals surface area (Å²) >= 11 is 0. The predicted octanol–water partition coefficient (Wildman–Crippen LogP) is 3.39. The first-order valence-corrected chi connectivity index (χ1v) is 9.21. The maximum Gasteiger partial charge on any atom is 0.427 e. The van der Waals surface area contributed by atoms with Crippen molar-refractivity contribution in [3.05, 3.63) is 29.8 Å². The monoisotopic (exact) mass is 405 g/mol. The van der Waals surface area contributed by atoms with E-state index in [0.29, 0.717) is 6.42 Å². The largest absolute Gasteiger partial charge is 0.427 e. The molecular weight excluding hydrogens is 388 g/mol. The Morgan fingerprint density at radius 1 is 0.885 bits per heavy atom. The molecule has 148 valence electrons. The second-order valence-corrected chi connectivity index (χ2v) is 7.98. The average molecular weight is 405 g/mol. The van der Waals surface area contributed by atoms with Crippen LogP contribution in [0, 0.1) is 0 Å². The molecule has 0 saturated heterocycles. The van der Waals surface area contributed by atoms with Crippen LogP contribution in [0.1, 0.15) is 37.7 Å². The van der Waals surface area contributed by atoms with Crippen LogP contribution in [0.25, 0.3) is 0 Å². The molecule has 1 fully saturated rings. The van der Waals surface area contributed by atoms with Gasteiger partial charge in [-0.15, -0.1) is 0 Å². The van der Waals surface area contributed by atoms with E-state index in [9.17, 15) is 39.9 Å². The molecule has 0 unspecified atom stereocenters. The number of benzene rings is 1. The van der Waals surface area contributed by atoms with Crippen molar-refractivity contribution in [1.29, 1.82) is 0 Å². The maximum absolute atomic E-state index is 13.5. The highest BCUT2D eigenvalue weighted by atomic mass is 32.2. The minimum absolute atomic E-state index is 0.0609. The molecule has 1 aliphatic rings. The summed E-state index contributed by atoms with van der Waals surface area (Å²) in [5, 5.41) is 15.0. The SMILES string of the molecule is NS(=O)(=O)c1ccc(C2(C(O)(C(F)(F)F)C(F)(F)F)CCCCC2)cc1. The topological polar surface area (TPSA) is 80.4 Å². The molecule has 1 aliphatic carbocycles. The number of hydrogen-bond donors (Lipinski definition) is 2. The number of primary sulfonamides is 1. The molecule has 0 bridgehead atoms. The van der Waals surface area contributed by atoms with Crippen molar-refractivity contribution in [1.82, 2.24) is 0 Å². The smallest absolute Gasteiger partial charge is 0.373 e. The van der Waals surface area contributed by atoms with Crippen molar-refractivity contribution in [2.24, 2.45) is 5.14 Å². The second-order valence-electron chi connectivity index (χ2n) is 6.42. The molecule has 0 radical (unpaired) electrons. The molecule has 1 saturated carbocycles. The fraction of sp³-hybridized carbons (Fsp3) is 0.600. The van der Waals surface area contributed by atoms with E-state index >= 15 is 0 Å². The Kier molecular flexibility index (Phi) is 5.15. The number of alkyl halides is 6. The van der Waals surface area contributed by atoms with Gasteiger partial charge in [-0.2, -0.15) is 26.3 Å². The lowest BCUT2D eigenvalue weighted by molar-refractivity contribution is -0.393. The van der Waals surface area contributed by atoms with Gasteiger partial charge in [0.15, 0.2) is 0 Å². The molecule has 2 rings (SSSR count). The molecule has 11 heteroatoms. The summed E-state index contributed by atoms with van der Waals surface area (Å²) in [6.07, 6.45) is -12.5. The van der Waals surface area contributed by atoms with Crippen molar-refractivity contribution in [3.63, 3.8) is 0 Å². The van der Waals surface area contributed by atoms with Crippen LogP contribution < -0.4 is 5.14 Å². The Balaban J connectivity index is 2.73. The van der Waals surface area contributed by atoms with E-state index in [1.165, 1.54) is 0 Å². The molecule has 1 aromatic rings. The zero-order valence-electron chi connectivity index (χ0n) is 13.4. The quantitative estimate of drug-likeness (QED) is 0.757. The fourth-order valence-electron chi connectivity index (χ4n) is 3.68. The van der Waals surface area contributed by atoms with Crippen LogP contribution in [0.2, 0.25) is 0 Å². The summed E-state index contributed by atoms with van der Waals surface area (Å²) < 4.78 is 104. The summed E-state index contributed by atoms with van der Waals surface area (Å²) in [4.78, 5) is -0.449. The van der Waals surface area contributed by atoms with Gasteiger partial charge in [0.2, 0.25) is 10.0 Å². The van der Waals surface area contributed by atoms with Crippen molar-refractivity contribution < 1.29 is 39.9 Å². The van der Waals surface area contributed by atoms with Crippen LogP contribution in [0.3, 0.4) is 0 Å². The third kappa shape index (κ3) is 3.20. The van der Waals surface area contributed by atoms with Crippen LogP contribution in [0.15, 0.2) is 29.2 Å². The molecule has 3 N–H and O–H groups in total. The lowest BCUT2D eigenvalue weighted by Crippen LogP contribution is -2.69. The highest BCUT2D eigenvalue weighted by Crippen LogP contribution is 2.59. The molecular formula is C15H17F6NO3S. The third-order valence-corrected chi connectivity index (χ3v) is 5.88. The highest BCUT2D eigenvalue weighted by Gasteiger charge is 2.79. The summed E-state index contributed by atoms with van der Waals surface area (Å²) in [6.45, 7) is 0. The van der Waals surface area contributed by atoms with Crippen LogP contribution in [-0.4, -0.2) is 31.5 Å². The van der Waals surface area contributed by atoms with Gasteiger partial charge >= 0.3 is 12.4 Å². The Bertz CT molecular complexity index is 735. The first-order valence-electron chi connectivity index (χ1n) is 7.66. The molecule has 4 nitrogen and oxygen atoms in total. The van der Waals surface area contributed by atoms with E-state index in [1.54, 1.807) is 0 Å². The van der Waals surface area contributed by atoms with E-state index in [2.05, 4.69) is 0 Å². The van der Waals surface area contributed by atoms with Crippen LogP contribution in [-0.2, 0) is 15.4 Å². The number of sulfonamides is 1. The first kappa shape index (κ1) is 21.0. The molecule has 0 aliphatic heterocycles. The van der Waals surface area contributed by atoms with Gasteiger partial charge in [0, 0.05) is 5.41 Å². The van der Waals surface area contributed by atoms with E-state index < -0.39 is 56.7 Å². The van der Waals surface area contributed by atoms with Crippen LogP contribution in [0.5, 0.6) is 0 Å². The van der Waals surface area contributed by atoms with E-state index in [1.807, 2.05) is 0 Å². The number of nitrogens with two attached hydrogens (primary N) is 1. The van der Waals surface area contributed by atoms with Crippen molar-refractivity contribution in [2.75, 3.05) is 0 Å². The summed E-state index contributed by atoms with van der Waals surface area (Å²) in [6, 6.07) is 3.39. The second kappa shape index (κ2) is 6.38. The first-order chi connectivity index (χ1) is 11.7. The van der Waals surface area contributed by atoms with Crippen LogP contribution >= 0.6 is 0 Å². The summed E-state index contributed by atoms with van der Waals surface area (Å²) in [7, 11) is -4.17. The third-order valence-electron chi connectivity index (χ3n) is 4.96. The van der Waals surface area contributed by atoms with Gasteiger partial charge in [-0.3, -0.25) is 0 Å². The van der Waals surface area contributed by atoms with Gasteiger partial charge in [-0.25, -0.2) is 13.6 Å². The zero-order valence-corrected chi connectivity index (χ0v) is 14.2. The Morgan fingerprint density at radius 2 is 1.31 bits per heavy atom.